The van der Waals surface area contributed by atoms with E-state index in [4.69, 9.17) is 9.47 Å². The quantitative estimate of drug-likeness (QED) is 0.894. The molecule has 1 aliphatic heterocycles. The van der Waals surface area contributed by atoms with Crippen molar-refractivity contribution in [2.24, 2.45) is 0 Å². The highest BCUT2D eigenvalue weighted by Gasteiger charge is 2.37. The highest BCUT2D eigenvalue weighted by molar-refractivity contribution is 5.85. The molecule has 0 saturated carbocycles. The van der Waals surface area contributed by atoms with E-state index in [1.54, 1.807) is 7.11 Å². The standard InChI is InChI=1S/C15H22N2O3/c1-15(11-17(2)8-9-20-15)14(18)16-10-12-4-6-13(19-3)7-5-12/h4-7H,8-11H2,1-3H3,(H,16,18)/t15-/m1/s1. The first kappa shape index (κ1) is 14.8. The molecule has 1 atom stereocenters. The second-order valence-corrected chi connectivity index (χ2v) is 5.35. The fourth-order valence-electron chi connectivity index (χ4n) is 2.32. The van der Waals surface area contributed by atoms with Crippen molar-refractivity contribution in [1.82, 2.24) is 10.2 Å². The predicted molar refractivity (Wildman–Crippen MR) is 76.7 cm³/mol. The van der Waals surface area contributed by atoms with Gasteiger partial charge < -0.3 is 19.7 Å². The zero-order valence-electron chi connectivity index (χ0n) is 12.3. The number of carbonyl (C=O) groups is 1. The molecule has 20 heavy (non-hydrogen) atoms. The molecular weight excluding hydrogens is 256 g/mol. The minimum Gasteiger partial charge on any atom is -0.497 e. The van der Waals surface area contributed by atoms with Crippen molar-refractivity contribution in [3.05, 3.63) is 29.8 Å². The smallest absolute Gasteiger partial charge is 0.253 e. The molecule has 1 aliphatic rings. The van der Waals surface area contributed by atoms with Gasteiger partial charge in [-0.15, -0.1) is 0 Å². The Balaban J connectivity index is 1.90. The first-order valence-corrected chi connectivity index (χ1v) is 6.77. The molecule has 5 nitrogen and oxygen atoms in total. The molecule has 0 aliphatic carbocycles. The number of methoxy groups -OCH3 is 1. The second-order valence-electron chi connectivity index (χ2n) is 5.35. The van der Waals surface area contributed by atoms with Crippen molar-refractivity contribution < 1.29 is 14.3 Å². The van der Waals surface area contributed by atoms with Crippen molar-refractivity contribution in [3.8, 4) is 5.75 Å². The highest BCUT2D eigenvalue weighted by atomic mass is 16.5. The maximum atomic E-state index is 12.3. The van der Waals surface area contributed by atoms with Crippen LogP contribution in [0.3, 0.4) is 0 Å². The van der Waals surface area contributed by atoms with E-state index in [1.807, 2.05) is 38.2 Å². The number of benzene rings is 1. The monoisotopic (exact) mass is 278 g/mol. The number of rotatable bonds is 4. The molecule has 1 heterocycles. The zero-order chi connectivity index (χ0) is 14.6. The second kappa shape index (κ2) is 6.24. The van der Waals surface area contributed by atoms with E-state index >= 15 is 0 Å². The lowest BCUT2D eigenvalue weighted by Crippen LogP contribution is -2.57. The molecule has 0 bridgehead atoms. The van der Waals surface area contributed by atoms with Crippen molar-refractivity contribution >= 4 is 5.91 Å². The van der Waals surface area contributed by atoms with Crippen LogP contribution >= 0.6 is 0 Å². The Labute approximate surface area is 119 Å². The summed E-state index contributed by atoms with van der Waals surface area (Å²) in [6.07, 6.45) is 0. The molecule has 1 fully saturated rings. The van der Waals surface area contributed by atoms with Gasteiger partial charge in [0, 0.05) is 19.6 Å². The van der Waals surface area contributed by atoms with Crippen molar-refractivity contribution in [1.29, 1.82) is 0 Å². The Morgan fingerprint density at radius 2 is 2.15 bits per heavy atom. The van der Waals surface area contributed by atoms with Crippen LogP contribution in [0.2, 0.25) is 0 Å². The van der Waals surface area contributed by atoms with Crippen molar-refractivity contribution in [2.45, 2.75) is 19.1 Å². The first-order chi connectivity index (χ1) is 9.53. The number of hydrogen-bond acceptors (Lipinski definition) is 4. The Morgan fingerprint density at radius 1 is 1.45 bits per heavy atom. The number of nitrogens with one attached hydrogen (secondary N) is 1. The Bertz CT molecular complexity index is 461. The van der Waals surface area contributed by atoms with Crippen LogP contribution in [0.25, 0.3) is 0 Å². The topological polar surface area (TPSA) is 50.8 Å². The number of ether oxygens (including phenoxy) is 2. The van der Waals surface area contributed by atoms with Gasteiger partial charge in [-0.2, -0.15) is 0 Å². The summed E-state index contributed by atoms with van der Waals surface area (Å²) in [6, 6.07) is 7.65. The minimum absolute atomic E-state index is 0.0696. The van der Waals surface area contributed by atoms with E-state index in [9.17, 15) is 4.79 Å². The molecule has 1 N–H and O–H groups in total. The van der Waals surface area contributed by atoms with E-state index in [0.717, 1.165) is 17.9 Å². The zero-order valence-corrected chi connectivity index (χ0v) is 12.3. The van der Waals surface area contributed by atoms with Crippen LogP contribution in [0.15, 0.2) is 24.3 Å². The molecule has 1 aromatic carbocycles. The van der Waals surface area contributed by atoms with Gasteiger partial charge in [0.2, 0.25) is 0 Å². The molecule has 110 valence electrons. The van der Waals surface area contributed by atoms with Gasteiger partial charge >= 0.3 is 0 Å². The number of morpholine rings is 1. The van der Waals surface area contributed by atoms with Crippen molar-refractivity contribution in [2.75, 3.05) is 33.9 Å². The van der Waals surface area contributed by atoms with Gasteiger partial charge in [0.1, 0.15) is 5.75 Å². The van der Waals surface area contributed by atoms with Gasteiger partial charge in [0.05, 0.1) is 13.7 Å². The minimum atomic E-state index is -0.764. The van der Waals surface area contributed by atoms with Crippen LogP contribution in [0.1, 0.15) is 12.5 Å². The SMILES string of the molecule is COc1ccc(CNC(=O)[C@@]2(C)CN(C)CCO2)cc1. The van der Waals surface area contributed by atoms with Gasteiger partial charge in [-0.3, -0.25) is 4.79 Å². The van der Waals surface area contributed by atoms with E-state index < -0.39 is 5.60 Å². The Hall–Kier alpha value is -1.59. The molecule has 1 saturated heterocycles. The summed E-state index contributed by atoms with van der Waals surface area (Å²) < 4.78 is 10.8. The summed E-state index contributed by atoms with van der Waals surface area (Å²) in [4.78, 5) is 14.4. The first-order valence-electron chi connectivity index (χ1n) is 6.77. The van der Waals surface area contributed by atoms with Crippen LogP contribution in [0.5, 0.6) is 5.75 Å². The number of likely N-dealkylation sites (N-methyl/N-ethyl adjacent to an activating group) is 1. The number of hydrogen-bond donors (Lipinski definition) is 1. The van der Waals surface area contributed by atoms with Gasteiger partial charge in [0.15, 0.2) is 5.60 Å². The lowest BCUT2D eigenvalue weighted by Gasteiger charge is -2.37. The molecule has 1 aromatic rings. The summed E-state index contributed by atoms with van der Waals surface area (Å²) in [6.45, 7) is 4.39. The normalized spacial score (nSPS) is 23.4. The van der Waals surface area contributed by atoms with Gasteiger partial charge in [0.25, 0.3) is 5.91 Å². The summed E-state index contributed by atoms with van der Waals surface area (Å²) in [7, 11) is 3.63. The predicted octanol–water partition coefficient (Wildman–Crippen LogP) is 1.03. The van der Waals surface area contributed by atoms with E-state index in [2.05, 4.69) is 10.2 Å². The third kappa shape index (κ3) is 3.49. The van der Waals surface area contributed by atoms with Crippen LogP contribution in [0, 0.1) is 0 Å². The van der Waals surface area contributed by atoms with Crippen LogP contribution < -0.4 is 10.1 Å². The fraction of sp³-hybridized carbons (Fsp3) is 0.533. The lowest BCUT2D eigenvalue weighted by molar-refractivity contribution is -0.155. The highest BCUT2D eigenvalue weighted by Crippen LogP contribution is 2.17. The van der Waals surface area contributed by atoms with Gasteiger partial charge in [-0.1, -0.05) is 12.1 Å². The maximum Gasteiger partial charge on any atom is 0.253 e. The Morgan fingerprint density at radius 3 is 2.75 bits per heavy atom. The Kier molecular flexibility index (Phi) is 4.62. The largest absolute Gasteiger partial charge is 0.497 e. The summed E-state index contributed by atoms with van der Waals surface area (Å²) in [5.41, 5.74) is 0.270. The third-order valence-corrected chi connectivity index (χ3v) is 3.56. The van der Waals surface area contributed by atoms with Crippen molar-refractivity contribution in [3.63, 3.8) is 0 Å². The van der Waals surface area contributed by atoms with Crippen LogP contribution in [-0.2, 0) is 16.1 Å². The van der Waals surface area contributed by atoms with Crippen LogP contribution in [0.4, 0.5) is 0 Å². The molecular formula is C15H22N2O3. The lowest BCUT2D eigenvalue weighted by atomic mass is 10.0. The van der Waals surface area contributed by atoms with Crippen LogP contribution in [-0.4, -0.2) is 50.3 Å². The van der Waals surface area contributed by atoms with E-state index in [-0.39, 0.29) is 5.91 Å². The molecule has 2 rings (SSSR count). The summed E-state index contributed by atoms with van der Waals surface area (Å²) in [5, 5.41) is 2.94. The average molecular weight is 278 g/mol. The average Bonchev–Trinajstić information content (AvgIpc) is 2.45. The van der Waals surface area contributed by atoms with E-state index in [1.165, 1.54) is 0 Å². The maximum absolute atomic E-state index is 12.3. The molecule has 0 aromatic heterocycles. The number of carbonyl (C=O) groups excluding carboxylic acids is 1. The number of amides is 1. The number of nitrogens with zero attached hydrogens (tertiary/aromatic N) is 1. The molecule has 1 amide bonds. The summed E-state index contributed by atoms with van der Waals surface area (Å²) in [5.74, 6) is 0.740. The molecule has 0 unspecified atom stereocenters. The molecule has 0 spiro atoms. The van der Waals surface area contributed by atoms with Gasteiger partial charge in [-0.25, -0.2) is 0 Å². The van der Waals surface area contributed by atoms with E-state index in [0.29, 0.717) is 19.7 Å². The summed E-state index contributed by atoms with van der Waals surface area (Å²) >= 11 is 0. The fourth-order valence-corrected chi connectivity index (χ4v) is 2.32. The van der Waals surface area contributed by atoms with Gasteiger partial charge in [-0.05, 0) is 31.7 Å². The molecule has 0 radical (unpaired) electrons. The third-order valence-electron chi connectivity index (χ3n) is 3.56. The molecule has 5 heteroatoms.